The lowest BCUT2D eigenvalue weighted by Crippen LogP contribution is -2.16. The largest absolute Gasteiger partial charge is 0.373 e. The molecule has 1 aromatic heterocycles. The van der Waals surface area contributed by atoms with Gasteiger partial charge in [-0.15, -0.1) is 0 Å². The second-order valence-electron chi connectivity index (χ2n) is 6.35. The van der Waals surface area contributed by atoms with Gasteiger partial charge in [0.25, 0.3) is 0 Å². The summed E-state index contributed by atoms with van der Waals surface area (Å²) in [5.41, 5.74) is 1.02. The molecule has 132 valence electrons. The third-order valence-electron chi connectivity index (χ3n) is 4.30. The van der Waals surface area contributed by atoms with Crippen molar-refractivity contribution in [2.75, 3.05) is 0 Å². The first-order valence-corrected chi connectivity index (χ1v) is 9.09. The molecule has 1 heterocycles. The minimum absolute atomic E-state index is 0.202. The van der Waals surface area contributed by atoms with Gasteiger partial charge in [0.2, 0.25) is 0 Å². The van der Waals surface area contributed by atoms with E-state index in [4.69, 9.17) is 4.74 Å². The summed E-state index contributed by atoms with van der Waals surface area (Å²) in [6, 6.07) is 6.57. The number of imidazole rings is 1. The zero-order valence-corrected chi connectivity index (χ0v) is 14.7. The Morgan fingerprint density at radius 3 is 2.58 bits per heavy atom. The highest BCUT2D eigenvalue weighted by Gasteiger charge is 2.10. The van der Waals surface area contributed by atoms with Crippen LogP contribution in [0.3, 0.4) is 0 Å². The van der Waals surface area contributed by atoms with E-state index in [2.05, 4.69) is 16.5 Å². The van der Waals surface area contributed by atoms with Crippen LogP contribution in [-0.4, -0.2) is 15.7 Å². The Kier molecular flexibility index (Phi) is 8.53. The van der Waals surface area contributed by atoms with Gasteiger partial charge in [0.1, 0.15) is 5.82 Å². The number of benzene rings is 1. The molecule has 1 atom stereocenters. The second-order valence-corrected chi connectivity index (χ2v) is 6.35. The molecule has 1 unspecified atom stereocenters. The van der Waals surface area contributed by atoms with Gasteiger partial charge in [-0.1, -0.05) is 51.2 Å². The van der Waals surface area contributed by atoms with Crippen molar-refractivity contribution in [2.45, 2.75) is 71.1 Å². The zero-order chi connectivity index (χ0) is 17.0. The van der Waals surface area contributed by atoms with Crippen LogP contribution in [0, 0.1) is 5.82 Å². The van der Waals surface area contributed by atoms with E-state index in [1.807, 2.05) is 12.5 Å². The van der Waals surface area contributed by atoms with Crippen LogP contribution < -0.4 is 0 Å². The van der Waals surface area contributed by atoms with E-state index >= 15 is 0 Å². The summed E-state index contributed by atoms with van der Waals surface area (Å²) in [4.78, 5) is 4.08. The number of halogens is 1. The number of aryl methyl sites for hydroxylation is 1. The highest BCUT2D eigenvalue weighted by Crippen LogP contribution is 2.15. The molecular weight excluding hydrogens is 303 g/mol. The van der Waals surface area contributed by atoms with Crippen molar-refractivity contribution in [1.82, 2.24) is 9.55 Å². The zero-order valence-electron chi connectivity index (χ0n) is 14.7. The van der Waals surface area contributed by atoms with E-state index in [-0.39, 0.29) is 11.9 Å². The first kappa shape index (κ1) is 18.7. The van der Waals surface area contributed by atoms with Gasteiger partial charge in [0, 0.05) is 18.9 Å². The van der Waals surface area contributed by atoms with E-state index in [9.17, 15) is 4.39 Å². The third kappa shape index (κ3) is 7.26. The molecule has 4 heteroatoms. The SMILES string of the molecule is CCCCCCCC(CCn1ccnc1)OCc1ccc(F)cc1. The number of ether oxygens (including phenoxy) is 1. The maximum absolute atomic E-state index is 13.0. The Morgan fingerprint density at radius 2 is 1.88 bits per heavy atom. The fourth-order valence-electron chi connectivity index (χ4n) is 2.79. The normalized spacial score (nSPS) is 12.4. The van der Waals surface area contributed by atoms with Gasteiger partial charge in [-0.3, -0.25) is 0 Å². The van der Waals surface area contributed by atoms with Gasteiger partial charge in [-0.25, -0.2) is 9.37 Å². The summed E-state index contributed by atoms with van der Waals surface area (Å²) in [7, 11) is 0. The Hall–Kier alpha value is -1.68. The molecule has 0 saturated carbocycles. The van der Waals surface area contributed by atoms with Crippen molar-refractivity contribution >= 4 is 0 Å². The molecule has 0 fully saturated rings. The van der Waals surface area contributed by atoms with Crippen LogP contribution in [0.15, 0.2) is 43.0 Å². The average molecular weight is 332 g/mol. The fraction of sp³-hybridized carbons (Fsp3) is 0.550. The molecule has 0 radical (unpaired) electrons. The van der Waals surface area contributed by atoms with Crippen molar-refractivity contribution in [1.29, 1.82) is 0 Å². The van der Waals surface area contributed by atoms with Crippen LogP contribution in [0.4, 0.5) is 4.39 Å². The van der Waals surface area contributed by atoms with Gasteiger partial charge in [0.05, 0.1) is 19.0 Å². The first-order valence-electron chi connectivity index (χ1n) is 9.09. The van der Waals surface area contributed by atoms with E-state index in [1.54, 1.807) is 18.3 Å². The van der Waals surface area contributed by atoms with Gasteiger partial charge in [-0.2, -0.15) is 0 Å². The number of aromatic nitrogens is 2. The van der Waals surface area contributed by atoms with Gasteiger partial charge >= 0.3 is 0 Å². The molecular formula is C20H29FN2O. The molecule has 0 aliphatic carbocycles. The number of unbranched alkanes of at least 4 members (excludes halogenated alkanes) is 4. The maximum Gasteiger partial charge on any atom is 0.123 e. The highest BCUT2D eigenvalue weighted by atomic mass is 19.1. The van der Waals surface area contributed by atoms with E-state index < -0.39 is 0 Å². The van der Waals surface area contributed by atoms with Gasteiger partial charge in [-0.05, 0) is 30.5 Å². The van der Waals surface area contributed by atoms with Crippen molar-refractivity contribution in [3.8, 4) is 0 Å². The Bertz CT molecular complexity index is 539. The first-order chi connectivity index (χ1) is 11.8. The van der Waals surface area contributed by atoms with Crippen molar-refractivity contribution in [3.05, 3.63) is 54.4 Å². The second kappa shape index (κ2) is 11.0. The molecule has 2 aromatic rings. The predicted molar refractivity (Wildman–Crippen MR) is 95.2 cm³/mol. The van der Waals surface area contributed by atoms with Gasteiger partial charge < -0.3 is 9.30 Å². The molecule has 2 rings (SSSR count). The summed E-state index contributed by atoms with van der Waals surface area (Å²) in [6.07, 6.45) is 14.3. The minimum Gasteiger partial charge on any atom is -0.373 e. The van der Waals surface area contributed by atoms with E-state index in [0.29, 0.717) is 6.61 Å². The molecule has 3 nitrogen and oxygen atoms in total. The number of rotatable bonds is 12. The van der Waals surface area contributed by atoms with Crippen molar-refractivity contribution in [3.63, 3.8) is 0 Å². The highest BCUT2D eigenvalue weighted by molar-refractivity contribution is 5.14. The minimum atomic E-state index is -0.202. The quantitative estimate of drug-likeness (QED) is 0.489. The molecule has 0 aliphatic heterocycles. The lowest BCUT2D eigenvalue weighted by atomic mass is 10.1. The monoisotopic (exact) mass is 332 g/mol. The van der Waals surface area contributed by atoms with Crippen molar-refractivity contribution < 1.29 is 9.13 Å². The fourth-order valence-corrected chi connectivity index (χ4v) is 2.79. The van der Waals surface area contributed by atoms with Crippen LogP contribution in [-0.2, 0) is 17.9 Å². The Labute approximate surface area is 144 Å². The molecule has 0 spiro atoms. The molecule has 0 aliphatic rings. The molecule has 0 N–H and O–H groups in total. The van der Waals surface area contributed by atoms with Crippen LogP contribution in [0.2, 0.25) is 0 Å². The molecule has 0 saturated heterocycles. The topological polar surface area (TPSA) is 27.1 Å². The van der Waals surface area contributed by atoms with Crippen LogP contribution >= 0.6 is 0 Å². The maximum atomic E-state index is 13.0. The average Bonchev–Trinajstić information content (AvgIpc) is 3.11. The van der Waals surface area contributed by atoms with E-state index in [1.165, 1.54) is 44.2 Å². The van der Waals surface area contributed by atoms with Crippen molar-refractivity contribution in [2.24, 2.45) is 0 Å². The smallest absolute Gasteiger partial charge is 0.123 e. The summed E-state index contributed by atoms with van der Waals surface area (Å²) in [5.74, 6) is -0.202. The number of nitrogens with zero attached hydrogens (tertiary/aromatic N) is 2. The van der Waals surface area contributed by atoms with E-state index in [0.717, 1.165) is 24.9 Å². The predicted octanol–water partition coefficient (Wildman–Crippen LogP) is 5.36. The third-order valence-corrected chi connectivity index (χ3v) is 4.30. The van der Waals surface area contributed by atoms with Crippen LogP contribution in [0.5, 0.6) is 0 Å². The molecule has 24 heavy (non-hydrogen) atoms. The summed E-state index contributed by atoms with van der Waals surface area (Å²) in [5, 5.41) is 0. The van der Waals surface area contributed by atoms with Crippen LogP contribution in [0.25, 0.3) is 0 Å². The molecule has 1 aromatic carbocycles. The standard InChI is InChI=1S/C20H29FN2O/c1-2-3-4-5-6-7-20(12-14-23-15-13-22-17-23)24-16-18-8-10-19(21)11-9-18/h8-11,13,15,17,20H,2-7,12,14,16H2,1H3. The summed E-state index contributed by atoms with van der Waals surface area (Å²) < 4.78 is 21.2. The Morgan fingerprint density at radius 1 is 1.08 bits per heavy atom. The lowest BCUT2D eigenvalue weighted by molar-refractivity contribution is 0.0250. The lowest BCUT2D eigenvalue weighted by Gasteiger charge is -2.18. The summed E-state index contributed by atoms with van der Waals surface area (Å²) >= 11 is 0. The summed E-state index contributed by atoms with van der Waals surface area (Å²) in [6.45, 7) is 3.70. The van der Waals surface area contributed by atoms with Gasteiger partial charge in [0.15, 0.2) is 0 Å². The Balaban J connectivity index is 1.77. The number of hydrogen-bond donors (Lipinski definition) is 0. The number of hydrogen-bond acceptors (Lipinski definition) is 2. The van der Waals surface area contributed by atoms with Crippen LogP contribution in [0.1, 0.15) is 57.4 Å². The molecule has 0 amide bonds. The molecule has 0 bridgehead atoms.